The van der Waals surface area contributed by atoms with Crippen LogP contribution in [0.4, 0.5) is 11.4 Å². The first-order valence-corrected chi connectivity index (χ1v) is 11.3. The third-order valence-corrected chi connectivity index (χ3v) is 6.19. The Kier molecular flexibility index (Phi) is 5.66. The number of carbonyl (C=O) groups is 1. The fourth-order valence-corrected chi connectivity index (χ4v) is 4.51. The van der Waals surface area contributed by atoms with Crippen LogP contribution in [0.5, 0.6) is 0 Å². The number of nitrogens with zero attached hydrogens (tertiary/aromatic N) is 2. The monoisotopic (exact) mass is 465 g/mol. The summed E-state index contributed by atoms with van der Waals surface area (Å²) >= 11 is 0. The Labute approximate surface area is 202 Å². The second-order valence-electron chi connectivity index (χ2n) is 8.19. The fourth-order valence-electron chi connectivity index (χ4n) is 4.51. The number of esters is 1. The van der Waals surface area contributed by atoms with Crippen molar-refractivity contribution in [2.45, 2.75) is 12.3 Å². The van der Waals surface area contributed by atoms with Gasteiger partial charge in [0, 0.05) is 17.7 Å². The molecule has 0 fully saturated rings. The summed E-state index contributed by atoms with van der Waals surface area (Å²) in [4.78, 5) is 23.5. The van der Waals surface area contributed by atoms with Gasteiger partial charge in [0.1, 0.15) is 5.70 Å². The molecule has 0 saturated heterocycles. The number of nitro groups is 1. The van der Waals surface area contributed by atoms with Crippen LogP contribution < -0.4 is 10.4 Å². The minimum atomic E-state index is -0.591. The number of rotatable bonds is 6. The third kappa shape index (κ3) is 3.87. The molecule has 1 aliphatic heterocycles. The summed E-state index contributed by atoms with van der Waals surface area (Å²) in [5.74, 6) is -0.464. The van der Waals surface area contributed by atoms with Gasteiger partial charge in [0.05, 0.1) is 28.3 Å². The SMILES string of the molecule is CCOC(=O)C1=C2C=CC(c3ccccc3)(c3ccccc3)C=C2N(c2ccc([N+](=O)[O-])cc2)N1. The molecule has 7 nitrogen and oxygen atoms in total. The highest BCUT2D eigenvalue weighted by molar-refractivity contribution is 5.93. The number of ether oxygens (including phenoxy) is 1. The lowest BCUT2D eigenvalue weighted by Crippen LogP contribution is -2.35. The number of non-ortho nitro benzene ring substituents is 1. The van der Waals surface area contributed by atoms with Crippen LogP contribution in [0.3, 0.4) is 0 Å². The Hall–Kier alpha value is -4.65. The highest BCUT2D eigenvalue weighted by Crippen LogP contribution is 2.44. The molecule has 35 heavy (non-hydrogen) atoms. The maximum atomic E-state index is 12.8. The molecule has 7 heteroatoms. The van der Waals surface area contributed by atoms with E-state index in [-0.39, 0.29) is 12.3 Å². The van der Waals surface area contributed by atoms with Crippen LogP contribution in [0.15, 0.2) is 120 Å². The number of allylic oxidation sites excluding steroid dienone is 3. The lowest BCUT2D eigenvalue weighted by atomic mass is 9.71. The molecule has 1 heterocycles. The minimum absolute atomic E-state index is 0.00724. The zero-order chi connectivity index (χ0) is 24.4. The smallest absolute Gasteiger partial charge is 0.356 e. The van der Waals surface area contributed by atoms with E-state index in [1.54, 1.807) is 24.1 Å². The van der Waals surface area contributed by atoms with Crippen LogP contribution in [-0.2, 0) is 14.9 Å². The van der Waals surface area contributed by atoms with Gasteiger partial charge in [-0.2, -0.15) is 0 Å². The summed E-state index contributed by atoms with van der Waals surface area (Å²) in [6.07, 6.45) is 6.16. The maximum Gasteiger partial charge on any atom is 0.356 e. The number of benzene rings is 3. The number of hydrazine groups is 1. The largest absolute Gasteiger partial charge is 0.461 e. The fraction of sp³-hybridized carbons (Fsp3) is 0.107. The molecule has 3 aromatic carbocycles. The van der Waals surface area contributed by atoms with Crippen molar-refractivity contribution < 1.29 is 14.5 Å². The van der Waals surface area contributed by atoms with Gasteiger partial charge in [0.25, 0.3) is 5.69 Å². The molecule has 2 aliphatic rings. The van der Waals surface area contributed by atoms with E-state index in [0.717, 1.165) is 16.8 Å². The van der Waals surface area contributed by atoms with E-state index < -0.39 is 16.3 Å². The molecule has 174 valence electrons. The van der Waals surface area contributed by atoms with E-state index >= 15 is 0 Å². The Balaban J connectivity index is 1.70. The normalized spacial score (nSPS) is 15.8. The van der Waals surface area contributed by atoms with E-state index in [9.17, 15) is 14.9 Å². The molecule has 0 amide bonds. The van der Waals surface area contributed by atoms with Gasteiger partial charge in [0.15, 0.2) is 0 Å². The molecule has 0 unspecified atom stereocenters. The standard InChI is InChI=1S/C28H23N3O4/c1-2-35-27(32)26-24-17-18-28(20-9-5-3-6-10-20,21-11-7-4-8-12-21)19-25(24)30(29-26)22-13-15-23(16-14-22)31(33)34/h3-19,29H,2H2,1H3. The first kappa shape index (κ1) is 22.2. The number of hydrogen-bond donors (Lipinski definition) is 1. The van der Waals surface area contributed by atoms with Gasteiger partial charge in [0.2, 0.25) is 0 Å². The number of anilines is 1. The molecule has 0 spiro atoms. The third-order valence-electron chi connectivity index (χ3n) is 6.19. The highest BCUT2D eigenvalue weighted by atomic mass is 16.6. The molecular weight excluding hydrogens is 442 g/mol. The topological polar surface area (TPSA) is 84.7 Å². The molecule has 0 radical (unpaired) electrons. The zero-order valence-corrected chi connectivity index (χ0v) is 19.0. The number of fused-ring (bicyclic) bond motifs is 1. The minimum Gasteiger partial charge on any atom is -0.461 e. The molecule has 1 aliphatic carbocycles. The first-order chi connectivity index (χ1) is 17.0. The van der Waals surface area contributed by atoms with Crippen LogP contribution >= 0.6 is 0 Å². The molecule has 1 N–H and O–H groups in total. The Bertz CT molecular complexity index is 1320. The van der Waals surface area contributed by atoms with Crippen molar-refractivity contribution in [1.82, 2.24) is 5.43 Å². The van der Waals surface area contributed by atoms with Crippen LogP contribution in [0, 0.1) is 10.1 Å². The van der Waals surface area contributed by atoms with Gasteiger partial charge in [-0.1, -0.05) is 72.8 Å². The van der Waals surface area contributed by atoms with Gasteiger partial charge in [-0.05, 0) is 36.3 Å². The summed E-state index contributed by atoms with van der Waals surface area (Å²) in [6, 6.07) is 26.5. The van der Waals surface area contributed by atoms with Crippen molar-refractivity contribution in [1.29, 1.82) is 0 Å². The lowest BCUT2D eigenvalue weighted by Gasteiger charge is -2.34. The molecule has 5 rings (SSSR count). The quantitative estimate of drug-likeness (QED) is 0.307. The molecule has 0 atom stereocenters. The summed E-state index contributed by atoms with van der Waals surface area (Å²) in [6.45, 7) is 2.00. The van der Waals surface area contributed by atoms with Gasteiger partial charge < -0.3 is 4.74 Å². The Morgan fingerprint density at radius 3 is 2.11 bits per heavy atom. The predicted molar refractivity (Wildman–Crippen MR) is 133 cm³/mol. The second kappa shape index (κ2) is 8.95. The first-order valence-electron chi connectivity index (χ1n) is 11.3. The summed E-state index contributed by atoms with van der Waals surface area (Å²) in [7, 11) is 0. The number of carbonyl (C=O) groups excluding carboxylic acids is 1. The summed E-state index contributed by atoms with van der Waals surface area (Å²) in [5, 5.41) is 12.9. The van der Waals surface area contributed by atoms with Crippen molar-refractivity contribution in [3.8, 4) is 0 Å². The molecular formula is C28H23N3O4. The van der Waals surface area contributed by atoms with E-state index in [1.165, 1.54) is 12.1 Å². The van der Waals surface area contributed by atoms with Gasteiger partial charge in [-0.25, -0.2) is 4.79 Å². The average molecular weight is 466 g/mol. The number of nitrogens with one attached hydrogen (secondary N) is 1. The van der Waals surface area contributed by atoms with Crippen molar-refractivity contribution in [2.24, 2.45) is 0 Å². The molecule has 0 bridgehead atoms. The zero-order valence-electron chi connectivity index (χ0n) is 19.0. The lowest BCUT2D eigenvalue weighted by molar-refractivity contribution is -0.384. The van der Waals surface area contributed by atoms with Crippen LogP contribution in [0.25, 0.3) is 0 Å². The van der Waals surface area contributed by atoms with Crippen molar-refractivity contribution in [3.63, 3.8) is 0 Å². The molecule has 0 saturated carbocycles. The van der Waals surface area contributed by atoms with Gasteiger partial charge in [-0.3, -0.25) is 20.5 Å². The van der Waals surface area contributed by atoms with E-state index in [0.29, 0.717) is 17.0 Å². The highest BCUT2D eigenvalue weighted by Gasteiger charge is 2.39. The molecule has 3 aromatic rings. The van der Waals surface area contributed by atoms with Crippen molar-refractivity contribution in [3.05, 3.63) is 141 Å². The van der Waals surface area contributed by atoms with Crippen LogP contribution in [-0.4, -0.2) is 17.5 Å². The van der Waals surface area contributed by atoms with Gasteiger partial charge >= 0.3 is 5.97 Å². The van der Waals surface area contributed by atoms with Crippen LogP contribution in [0.1, 0.15) is 18.1 Å². The number of nitro benzene ring substituents is 1. The van der Waals surface area contributed by atoms with E-state index in [2.05, 4.69) is 41.8 Å². The van der Waals surface area contributed by atoms with E-state index in [4.69, 9.17) is 4.74 Å². The number of hydrogen-bond acceptors (Lipinski definition) is 6. The van der Waals surface area contributed by atoms with Crippen molar-refractivity contribution in [2.75, 3.05) is 11.6 Å². The average Bonchev–Trinajstić information content (AvgIpc) is 3.28. The summed E-state index contributed by atoms with van der Waals surface area (Å²) < 4.78 is 5.29. The predicted octanol–water partition coefficient (Wildman–Crippen LogP) is 5.18. The molecule has 0 aromatic heterocycles. The van der Waals surface area contributed by atoms with Crippen molar-refractivity contribution >= 4 is 17.3 Å². The van der Waals surface area contributed by atoms with Crippen LogP contribution in [0.2, 0.25) is 0 Å². The Morgan fingerprint density at radius 2 is 1.57 bits per heavy atom. The van der Waals surface area contributed by atoms with E-state index in [1.807, 2.05) is 42.5 Å². The summed E-state index contributed by atoms with van der Waals surface area (Å²) in [5.41, 5.74) is 7.15. The second-order valence-corrected chi connectivity index (χ2v) is 8.19. The Morgan fingerprint density at radius 1 is 0.971 bits per heavy atom. The maximum absolute atomic E-state index is 12.8. The van der Waals surface area contributed by atoms with Gasteiger partial charge in [-0.15, -0.1) is 0 Å².